The predicted molar refractivity (Wildman–Crippen MR) is 117 cm³/mol. The molecule has 0 saturated heterocycles. The van der Waals surface area contributed by atoms with E-state index in [9.17, 15) is 4.79 Å². The van der Waals surface area contributed by atoms with Gasteiger partial charge in [-0.05, 0) is 24.3 Å². The predicted octanol–water partition coefficient (Wildman–Crippen LogP) is 3.88. The zero-order chi connectivity index (χ0) is 23.4. The van der Waals surface area contributed by atoms with Crippen molar-refractivity contribution in [2.45, 2.75) is 13.4 Å². The van der Waals surface area contributed by atoms with E-state index in [0.29, 0.717) is 0 Å². The molecule has 1 N–H and O–H groups in total. The lowest BCUT2D eigenvalue weighted by Crippen LogP contribution is -2.16. The standard InChI is InChI=1S/C20H16Cl2FN7O3/c1-32-17-13(21)5-4-12(15(17)23)18-27-16(20(31)33-11-30-9-3-7-26-30)14(22)19(28-18)24-10-29-8-2-6-25-29/h2-9H,10-11H2,1H3,(H,24,27,28). The van der Waals surface area contributed by atoms with Crippen molar-refractivity contribution in [3.8, 4) is 17.1 Å². The van der Waals surface area contributed by atoms with Gasteiger partial charge >= 0.3 is 5.97 Å². The fourth-order valence-corrected chi connectivity index (χ4v) is 3.28. The smallest absolute Gasteiger partial charge is 0.360 e. The quantitative estimate of drug-likeness (QED) is 0.370. The summed E-state index contributed by atoms with van der Waals surface area (Å²) in [6.07, 6.45) is 6.47. The van der Waals surface area contributed by atoms with Crippen LogP contribution in [0.2, 0.25) is 10.0 Å². The van der Waals surface area contributed by atoms with E-state index >= 15 is 4.39 Å². The average molecular weight is 492 g/mol. The topological polar surface area (TPSA) is 109 Å². The maximum absolute atomic E-state index is 15.0. The van der Waals surface area contributed by atoms with Gasteiger partial charge in [0, 0.05) is 24.8 Å². The van der Waals surface area contributed by atoms with Crippen molar-refractivity contribution in [3.05, 3.63) is 70.6 Å². The molecule has 0 unspecified atom stereocenters. The summed E-state index contributed by atoms with van der Waals surface area (Å²) in [5.41, 5.74) is -0.304. The van der Waals surface area contributed by atoms with Crippen molar-refractivity contribution in [2.24, 2.45) is 0 Å². The number of carbonyl (C=O) groups is 1. The highest BCUT2D eigenvalue weighted by molar-refractivity contribution is 6.35. The molecule has 0 fully saturated rings. The number of aromatic nitrogens is 6. The van der Waals surface area contributed by atoms with Crippen molar-refractivity contribution in [1.82, 2.24) is 29.5 Å². The van der Waals surface area contributed by atoms with Gasteiger partial charge in [-0.25, -0.2) is 23.8 Å². The third-order valence-corrected chi connectivity index (χ3v) is 5.05. The Balaban J connectivity index is 1.73. The Bertz CT molecular complexity index is 1270. The van der Waals surface area contributed by atoms with E-state index in [4.69, 9.17) is 32.7 Å². The van der Waals surface area contributed by atoms with Gasteiger partial charge in [0.25, 0.3) is 0 Å². The van der Waals surface area contributed by atoms with E-state index < -0.39 is 11.8 Å². The van der Waals surface area contributed by atoms with Crippen molar-refractivity contribution in [2.75, 3.05) is 12.4 Å². The lowest BCUT2D eigenvalue weighted by Gasteiger charge is -2.14. The Morgan fingerprint density at radius 2 is 1.85 bits per heavy atom. The van der Waals surface area contributed by atoms with Gasteiger partial charge in [0.05, 0.1) is 17.7 Å². The maximum atomic E-state index is 15.0. The first-order chi connectivity index (χ1) is 16.0. The number of rotatable bonds is 8. The normalized spacial score (nSPS) is 10.8. The van der Waals surface area contributed by atoms with Crippen molar-refractivity contribution < 1.29 is 18.7 Å². The molecule has 0 atom stereocenters. The summed E-state index contributed by atoms with van der Waals surface area (Å²) in [4.78, 5) is 21.2. The minimum atomic E-state index is -0.845. The van der Waals surface area contributed by atoms with E-state index in [0.717, 1.165) is 0 Å². The van der Waals surface area contributed by atoms with Gasteiger partial charge < -0.3 is 14.8 Å². The number of carbonyl (C=O) groups excluding carboxylic acids is 1. The number of nitrogens with one attached hydrogen (secondary N) is 1. The van der Waals surface area contributed by atoms with Crippen LogP contribution in [0.4, 0.5) is 10.2 Å². The van der Waals surface area contributed by atoms with Gasteiger partial charge in [-0.15, -0.1) is 0 Å². The highest BCUT2D eigenvalue weighted by Gasteiger charge is 2.24. The molecule has 0 spiro atoms. The summed E-state index contributed by atoms with van der Waals surface area (Å²) in [6, 6.07) is 6.22. The van der Waals surface area contributed by atoms with Crippen LogP contribution in [0.15, 0.2) is 49.1 Å². The fourth-order valence-electron chi connectivity index (χ4n) is 2.83. The van der Waals surface area contributed by atoms with E-state index in [-0.39, 0.29) is 52.1 Å². The van der Waals surface area contributed by atoms with Crippen molar-refractivity contribution in [3.63, 3.8) is 0 Å². The van der Waals surface area contributed by atoms with Gasteiger partial charge in [-0.1, -0.05) is 23.2 Å². The summed E-state index contributed by atoms with van der Waals surface area (Å²) in [5.74, 6) is -1.86. The van der Waals surface area contributed by atoms with Gasteiger partial charge in [-0.2, -0.15) is 10.2 Å². The zero-order valence-corrected chi connectivity index (χ0v) is 18.6. The third kappa shape index (κ3) is 4.89. The first kappa shape index (κ1) is 22.5. The SMILES string of the molecule is COc1c(Cl)ccc(-c2nc(NCn3cccn3)c(Cl)c(C(=O)OCn3cccn3)n2)c1F. The number of esters is 1. The lowest BCUT2D eigenvalue weighted by molar-refractivity contribution is 0.0343. The molecule has 0 aliphatic heterocycles. The van der Waals surface area contributed by atoms with Crippen LogP contribution in [0.25, 0.3) is 11.4 Å². The van der Waals surface area contributed by atoms with Crippen LogP contribution < -0.4 is 10.1 Å². The molecule has 0 saturated carbocycles. The van der Waals surface area contributed by atoms with E-state index in [2.05, 4.69) is 25.5 Å². The second-order valence-electron chi connectivity index (χ2n) is 6.49. The van der Waals surface area contributed by atoms with Crippen LogP contribution in [0.1, 0.15) is 10.5 Å². The Kier molecular flexibility index (Phi) is 6.71. The monoisotopic (exact) mass is 491 g/mol. The van der Waals surface area contributed by atoms with Gasteiger partial charge in [0.1, 0.15) is 11.7 Å². The number of nitrogens with zero attached hydrogens (tertiary/aromatic N) is 6. The Hall–Kier alpha value is -3.70. The molecule has 33 heavy (non-hydrogen) atoms. The summed E-state index contributed by atoms with van der Waals surface area (Å²) in [5, 5.41) is 11.0. The molecule has 13 heteroatoms. The molecule has 3 aromatic heterocycles. The molecule has 170 valence electrons. The molecular formula is C20H16Cl2FN7O3. The molecule has 1 aromatic carbocycles. The Labute approximate surface area is 196 Å². The summed E-state index contributed by atoms with van der Waals surface area (Å²) in [7, 11) is 1.28. The van der Waals surface area contributed by atoms with E-state index in [1.165, 1.54) is 30.1 Å². The third-order valence-electron chi connectivity index (χ3n) is 4.39. The Morgan fingerprint density at radius 3 is 2.52 bits per heavy atom. The highest BCUT2D eigenvalue weighted by Crippen LogP contribution is 2.35. The van der Waals surface area contributed by atoms with Crippen LogP contribution >= 0.6 is 23.2 Å². The van der Waals surface area contributed by atoms with Gasteiger partial charge in [-0.3, -0.25) is 4.68 Å². The molecule has 4 aromatic rings. The average Bonchev–Trinajstić information content (AvgIpc) is 3.52. The van der Waals surface area contributed by atoms with Crippen LogP contribution in [-0.2, 0) is 18.1 Å². The Morgan fingerprint density at radius 1 is 1.12 bits per heavy atom. The minimum Gasteiger partial charge on any atom is -0.492 e. The summed E-state index contributed by atoms with van der Waals surface area (Å²) >= 11 is 12.4. The number of halogens is 3. The largest absolute Gasteiger partial charge is 0.492 e. The molecule has 3 heterocycles. The van der Waals surface area contributed by atoms with Crippen LogP contribution in [0.3, 0.4) is 0 Å². The molecule has 0 radical (unpaired) electrons. The fraction of sp³-hybridized carbons (Fsp3) is 0.150. The second kappa shape index (κ2) is 9.84. The van der Waals surface area contributed by atoms with Gasteiger partial charge in [0.2, 0.25) is 0 Å². The van der Waals surface area contributed by atoms with Crippen LogP contribution in [-0.4, -0.2) is 42.6 Å². The van der Waals surface area contributed by atoms with Crippen molar-refractivity contribution in [1.29, 1.82) is 0 Å². The van der Waals surface area contributed by atoms with E-state index in [1.54, 1.807) is 35.4 Å². The number of benzene rings is 1. The second-order valence-corrected chi connectivity index (χ2v) is 7.27. The molecular weight excluding hydrogens is 476 g/mol. The van der Waals surface area contributed by atoms with Crippen LogP contribution in [0.5, 0.6) is 5.75 Å². The number of anilines is 1. The molecule has 0 aliphatic rings. The number of hydrogen-bond donors (Lipinski definition) is 1. The number of methoxy groups -OCH3 is 1. The van der Waals surface area contributed by atoms with Gasteiger partial charge in [0.15, 0.2) is 35.6 Å². The van der Waals surface area contributed by atoms with Crippen molar-refractivity contribution >= 4 is 35.0 Å². The van der Waals surface area contributed by atoms with Crippen LogP contribution in [0, 0.1) is 5.82 Å². The highest BCUT2D eigenvalue weighted by atomic mass is 35.5. The summed E-state index contributed by atoms with van der Waals surface area (Å²) < 4.78 is 28.3. The molecule has 0 amide bonds. The lowest BCUT2D eigenvalue weighted by atomic mass is 10.1. The molecule has 0 bridgehead atoms. The first-order valence-corrected chi connectivity index (χ1v) is 10.2. The number of ether oxygens (including phenoxy) is 2. The molecule has 0 aliphatic carbocycles. The zero-order valence-electron chi connectivity index (χ0n) is 17.1. The summed E-state index contributed by atoms with van der Waals surface area (Å²) in [6.45, 7) is 0.0120. The molecule has 10 nitrogen and oxygen atoms in total. The van der Waals surface area contributed by atoms with E-state index in [1.807, 2.05) is 0 Å². The molecule has 4 rings (SSSR count). The first-order valence-electron chi connectivity index (χ1n) is 9.43. The maximum Gasteiger partial charge on any atom is 0.360 e. The number of hydrogen-bond acceptors (Lipinski definition) is 8. The minimum absolute atomic E-state index is 0.0452.